The Morgan fingerprint density at radius 1 is 1.40 bits per heavy atom. The van der Waals surface area contributed by atoms with Crippen LogP contribution in [0.5, 0.6) is 0 Å². The zero-order valence-electron chi connectivity index (χ0n) is 12.7. The second kappa shape index (κ2) is 6.92. The van der Waals surface area contributed by atoms with E-state index in [1.165, 1.54) is 7.11 Å². The topological polar surface area (TPSA) is 76.1 Å². The lowest BCUT2D eigenvalue weighted by Gasteiger charge is -2.35. The van der Waals surface area contributed by atoms with Crippen LogP contribution in [-0.4, -0.2) is 54.0 Å². The fourth-order valence-corrected chi connectivity index (χ4v) is 2.24. The van der Waals surface area contributed by atoms with Crippen molar-refractivity contribution < 1.29 is 24.2 Å². The Morgan fingerprint density at radius 3 is 2.60 bits per heavy atom. The lowest BCUT2D eigenvalue weighted by atomic mass is 9.91. The van der Waals surface area contributed by atoms with Gasteiger partial charge in [-0.15, -0.1) is 0 Å². The van der Waals surface area contributed by atoms with Crippen molar-refractivity contribution >= 4 is 12.1 Å². The average Bonchev–Trinajstić information content (AvgIpc) is 2.36. The van der Waals surface area contributed by atoms with Crippen molar-refractivity contribution in [2.75, 3.05) is 20.2 Å². The number of hydrogen-bond acceptors (Lipinski definition) is 5. The number of amides is 1. The highest BCUT2D eigenvalue weighted by Gasteiger charge is 2.31. The third-order valence-electron chi connectivity index (χ3n) is 3.26. The number of ether oxygens (including phenoxy) is 2. The standard InChI is InChI=1S/C14H25NO5/c1-14(2,3)20-13(18)15-7-5-6-10(9-15)11(16)8-12(17)19-4/h10-11,16H,5-9H2,1-4H3/t10-,11-/m1/s1. The van der Waals surface area contributed by atoms with Crippen molar-refractivity contribution in [3.63, 3.8) is 0 Å². The van der Waals surface area contributed by atoms with Crippen LogP contribution in [-0.2, 0) is 14.3 Å². The van der Waals surface area contributed by atoms with Crippen LogP contribution in [0.1, 0.15) is 40.0 Å². The number of carbonyl (C=O) groups is 2. The molecule has 20 heavy (non-hydrogen) atoms. The number of carbonyl (C=O) groups excluding carboxylic acids is 2. The van der Waals surface area contributed by atoms with E-state index in [2.05, 4.69) is 4.74 Å². The summed E-state index contributed by atoms with van der Waals surface area (Å²) < 4.78 is 9.87. The molecule has 1 aliphatic heterocycles. The molecule has 2 atom stereocenters. The number of aliphatic hydroxyl groups excluding tert-OH is 1. The molecule has 1 rings (SSSR count). The lowest BCUT2D eigenvalue weighted by Crippen LogP contribution is -2.45. The summed E-state index contributed by atoms with van der Waals surface area (Å²) in [7, 11) is 1.29. The molecule has 1 N–H and O–H groups in total. The molecule has 0 aromatic carbocycles. The number of likely N-dealkylation sites (tertiary alicyclic amines) is 1. The van der Waals surface area contributed by atoms with Crippen LogP contribution in [0.4, 0.5) is 4.79 Å². The molecule has 1 amide bonds. The van der Waals surface area contributed by atoms with Crippen molar-refractivity contribution in [1.29, 1.82) is 0 Å². The monoisotopic (exact) mass is 287 g/mol. The van der Waals surface area contributed by atoms with Crippen LogP contribution in [0.15, 0.2) is 0 Å². The van der Waals surface area contributed by atoms with Crippen molar-refractivity contribution in [2.24, 2.45) is 5.92 Å². The van der Waals surface area contributed by atoms with Gasteiger partial charge in [0.05, 0.1) is 19.6 Å². The summed E-state index contributed by atoms with van der Waals surface area (Å²) in [6.45, 7) is 6.48. The second-order valence-electron chi connectivity index (χ2n) is 6.18. The summed E-state index contributed by atoms with van der Waals surface area (Å²) in [4.78, 5) is 24.8. The van der Waals surface area contributed by atoms with Crippen molar-refractivity contribution in [2.45, 2.75) is 51.7 Å². The number of esters is 1. The van der Waals surface area contributed by atoms with E-state index in [1.54, 1.807) is 4.90 Å². The number of rotatable bonds is 3. The predicted molar refractivity (Wildman–Crippen MR) is 73.2 cm³/mol. The lowest BCUT2D eigenvalue weighted by molar-refractivity contribution is -0.143. The van der Waals surface area contributed by atoms with Crippen LogP contribution in [0.2, 0.25) is 0 Å². The van der Waals surface area contributed by atoms with Crippen molar-refractivity contribution in [3.8, 4) is 0 Å². The van der Waals surface area contributed by atoms with E-state index in [0.717, 1.165) is 12.8 Å². The first-order valence-electron chi connectivity index (χ1n) is 6.95. The molecule has 6 heteroatoms. The zero-order valence-corrected chi connectivity index (χ0v) is 12.7. The Labute approximate surface area is 120 Å². The number of methoxy groups -OCH3 is 1. The first-order valence-corrected chi connectivity index (χ1v) is 6.95. The van der Waals surface area contributed by atoms with Crippen LogP contribution < -0.4 is 0 Å². The van der Waals surface area contributed by atoms with E-state index in [4.69, 9.17) is 4.74 Å². The molecule has 1 fully saturated rings. The molecule has 0 aliphatic carbocycles. The first kappa shape index (κ1) is 16.8. The van der Waals surface area contributed by atoms with Crippen LogP contribution >= 0.6 is 0 Å². The fourth-order valence-electron chi connectivity index (χ4n) is 2.24. The molecule has 1 saturated heterocycles. The SMILES string of the molecule is COC(=O)C[C@@H](O)[C@@H]1CCCN(C(=O)OC(C)(C)C)C1. The molecule has 0 spiro atoms. The van der Waals surface area contributed by atoms with E-state index in [-0.39, 0.29) is 18.4 Å². The molecule has 116 valence electrons. The molecule has 0 aromatic rings. The largest absolute Gasteiger partial charge is 0.469 e. The van der Waals surface area contributed by atoms with Gasteiger partial charge >= 0.3 is 12.1 Å². The van der Waals surface area contributed by atoms with Gasteiger partial charge < -0.3 is 19.5 Å². The van der Waals surface area contributed by atoms with Crippen molar-refractivity contribution in [3.05, 3.63) is 0 Å². The highest BCUT2D eigenvalue weighted by molar-refractivity contribution is 5.70. The maximum Gasteiger partial charge on any atom is 0.410 e. The molecule has 1 heterocycles. The normalized spacial score (nSPS) is 21.2. The molecule has 6 nitrogen and oxygen atoms in total. The van der Waals surface area contributed by atoms with E-state index < -0.39 is 17.7 Å². The average molecular weight is 287 g/mol. The third kappa shape index (κ3) is 5.36. The minimum Gasteiger partial charge on any atom is -0.469 e. The van der Waals surface area contributed by atoms with Gasteiger partial charge in [-0.05, 0) is 33.6 Å². The Morgan fingerprint density at radius 2 is 2.05 bits per heavy atom. The molecular weight excluding hydrogens is 262 g/mol. The van der Waals surface area contributed by atoms with E-state index in [1.807, 2.05) is 20.8 Å². The maximum atomic E-state index is 12.0. The van der Waals surface area contributed by atoms with Gasteiger partial charge in [0.15, 0.2) is 0 Å². The zero-order chi connectivity index (χ0) is 15.3. The Hall–Kier alpha value is -1.30. The minimum atomic E-state index is -0.785. The van der Waals surface area contributed by atoms with Crippen molar-refractivity contribution in [1.82, 2.24) is 4.90 Å². The first-order chi connectivity index (χ1) is 9.23. The summed E-state index contributed by atoms with van der Waals surface area (Å²) in [5.41, 5.74) is -0.533. The molecule has 0 saturated carbocycles. The molecule has 0 aromatic heterocycles. The highest BCUT2D eigenvalue weighted by atomic mass is 16.6. The maximum absolute atomic E-state index is 12.0. The molecular formula is C14H25NO5. The Bertz CT molecular complexity index is 350. The smallest absolute Gasteiger partial charge is 0.410 e. The number of piperidine rings is 1. The highest BCUT2D eigenvalue weighted by Crippen LogP contribution is 2.23. The van der Waals surface area contributed by atoms with Gasteiger partial charge in [-0.1, -0.05) is 0 Å². The van der Waals surface area contributed by atoms with Crippen LogP contribution in [0.3, 0.4) is 0 Å². The van der Waals surface area contributed by atoms with E-state index >= 15 is 0 Å². The fraction of sp³-hybridized carbons (Fsp3) is 0.857. The van der Waals surface area contributed by atoms with Crippen LogP contribution in [0.25, 0.3) is 0 Å². The molecule has 0 bridgehead atoms. The number of nitrogens with zero attached hydrogens (tertiary/aromatic N) is 1. The minimum absolute atomic E-state index is 0.0384. The van der Waals surface area contributed by atoms with Gasteiger partial charge in [0, 0.05) is 19.0 Å². The quantitative estimate of drug-likeness (QED) is 0.797. The molecule has 0 unspecified atom stereocenters. The summed E-state index contributed by atoms with van der Waals surface area (Å²) in [6.07, 6.45) is 0.392. The number of hydrogen-bond donors (Lipinski definition) is 1. The predicted octanol–water partition coefficient (Wildman–Crippen LogP) is 1.56. The van der Waals surface area contributed by atoms with E-state index in [9.17, 15) is 14.7 Å². The molecule has 0 radical (unpaired) electrons. The summed E-state index contributed by atoms with van der Waals surface area (Å²) >= 11 is 0. The van der Waals surface area contributed by atoms with Gasteiger partial charge in [0.1, 0.15) is 5.60 Å². The van der Waals surface area contributed by atoms with Crippen LogP contribution in [0, 0.1) is 5.92 Å². The Balaban J connectivity index is 2.53. The van der Waals surface area contributed by atoms with Gasteiger partial charge in [0.2, 0.25) is 0 Å². The van der Waals surface area contributed by atoms with Gasteiger partial charge in [-0.2, -0.15) is 0 Å². The summed E-state index contributed by atoms with van der Waals surface area (Å²) in [5, 5.41) is 10.0. The van der Waals surface area contributed by atoms with Gasteiger partial charge in [-0.25, -0.2) is 4.79 Å². The summed E-state index contributed by atoms with van der Waals surface area (Å²) in [6, 6.07) is 0. The number of aliphatic hydroxyl groups is 1. The second-order valence-corrected chi connectivity index (χ2v) is 6.18. The van der Waals surface area contributed by atoms with Gasteiger partial charge in [0.25, 0.3) is 0 Å². The van der Waals surface area contributed by atoms with Gasteiger partial charge in [-0.3, -0.25) is 4.79 Å². The van der Waals surface area contributed by atoms with E-state index in [0.29, 0.717) is 13.1 Å². The third-order valence-corrected chi connectivity index (χ3v) is 3.26. The summed E-state index contributed by atoms with van der Waals surface area (Å²) in [5.74, 6) is -0.553. The molecule has 1 aliphatic rings. The Kier molecular flexibility index (Phi) is 5.80.